The Kier molecular flexibility index (Phi) is 7.06. The molecule has 0 fully saturated rings. The smallest absolute Gasteiger partial charge is 0.472 e. The fraction of sp³-hybridized carbons (Fsp3) is 0.182. The Morgan fingerprint density at radius 1 is 1.11 bits per heavy atom. The molecular formula is C22H14BrF5N4O4. The summed E-state index contributed by atoms with van der Waals surface area (Å²) in [6.45, 7) is -1.62. The summed E-state index contributed by atoms with van der Waals surface area (Å²) in [5.41, 5.74) is 0.476. The van der Waals surface area contributed by atoms with E-state index in [4.69, 9.17) is 4.74 Å². The predicted molar refractivity (Wildman–Crippen MR) is 118 cm³/mol. The number of fused-ring (bicyclic) bond motifs is 1. The van der Waals surface area contributed by atoms with Crippen molar-refractivity contribution >= 4 is 32.8 Å². The molecule has 0 spiro atoms. The lowest BCUT2D eigenvalue weighted by molar-refractivity contribution is -0.201. The summed E-state index contributed by atoms with van der Waals surface area (Å²) in [6.07, 6.45) is -3.71. The highest BCUT2D eigenvalue weighted by molar-refractivity contribution is 9.10. The highest BCUT2D eigenvalue weighted by atomic mass is 79.9. The molecule has 0 unspecified atom stereocenters. The van der Waals surface area contributed by atoms with Gasteiger partial charge in [0.25, 0.3) is 5.56 Å². The van der Waals surface area contributed by atoms with Crippen LogP contribution in [-0.2, 0) is 29.3 Å². The molecule has 0 atom stereocenters. The number of hydrogen-bond acceptors (Lipinski definition) is 6. The molecule has 0 bridgehead atoms. The van der Waals surface area contributed by atoms with Gasteiger partial charge in [0.1, 0.15) is 29.3 Å². The average molecular weight is 573 g/mol. The van der Waals surface area contributed by atoms with E-state index in [0.717, 1.165) is 27.6 Å². The number of ether oxygens (including phenoxy) is 2. The minimum Gasteiger partial charge on any atom is -0.472 e. The van der Waals surface area contributed by atoms with Gasteiger partial charge in [-0.1, -0.05) is 6.07 Å². The van der Waals surface area contributed by atoms with Crippen molar-refractivity contribution in [3.63, 3.8) is 0 Å². The summed E-state index contributed by atoms with van der Waals surface area (Å²) in [4.78, 5) is 28.4. The van der Waals surface area contributed by atoms with Gasteiger partial charge < -0.3 is 9.47 Å². The van der Waals surface area contributed by atoms with Crippen molar-refractivity contribution in [3.8, 4) is 5.88 Å². The van der Waals surface area contributed by atoms with Gasteiger partial charge in [0.05, 0.1) is 18.3 Å². The summed E-state index contributed by atoms with van der Waals surface area (Å²) < 4.78 is 75.5. The van der Waals surface area contributed by atoms with Crippen molar-refractivity contribution in [2.24, 2.45) is 0 Å². The molecule has 0 saturated carbocycles. The number of halogens is 6. The number of hydrogen-bond donors (Lipinski definition) is 1. The number of rotatable bonds is 7. The summed E-state index contributed by atoms with van der Waals surface area (Å²) in [7, 11) is 0. The van der Waals surface area contributed by atoms with E-state index < -0.39 is 42.6 Å². The number of carbonyl (C=O) groups excluding carboxylic acids is 1. The van der Waals surface area contributed by atoms with Crippen molar-refractivity contribution in [1.82, 2.24) is 19.7 Å². The number of carbonyl (C=O) groups is 1. The Hall–Kier alpha value is -3.81. The molecule has 0 radical (unpaired) electrons. The van der Waals surface area contributed by atoms with Gasteiger partial charge in [-0.15, -0.1) is 0 Å². The minimum atomic E-state index is -5.26. The van der Waals surface area contributed by atoms with Gasteiger partial charge >= 0.3 is 12.1 Å². The maximum Gasteiger partial charge on any atom is 0.490 e. The number of aromatic nitrogens is 4. The molecule has 0 aliphatic rings. The second-order valence-corrected chi connectivity index (χ2v) is 8.22. The Bertz CT molecular complexity index is 1500. The molecule has 4 aromatic rings. The normalized spacial score (nSPS) is 11.6. The molecule has 2 aromatic heterocycles. The van der Waals surface area contributed by atoms with Crippen LogP contribution in [0.3, 0.4) is 0 Å². The van der Waals surface area contributed by atoms with E-state index in [1.54, 1.807) is 24.4 Å². The molecule has 14 heteroatoms. The maximum absolute atomic E-state index is 13.9. The maximum atomic E-state index is 13.9. The Morgan fingerprint density at radius 3 is 2.61 bits per heavy atom. The topological polar surface area (TPSA) is 99.1 Å². The van der Waals surface area contributed by atoms with Crippen LogP contribution in [0.15, 0.2) is 51.9 Å². The van der Waals surface area contributed by atoms with Gasteiger partial charge in [0, 0.05) is 17.0 Å². The summed E-state index contributed by atoms with van der Waals surface area (Å²) in [5, 5.41) is 7.38. The van der Waals surface area contributed by atoms with Crippen LogP contribution in [0.2, 0.25) is 0 Å². The van der Waals surface area contributed by atoms with Gasteiger partial charge in [0.15, 0.2) is 5.82 Å². The summed E-state index contributed by atoms with van der Waals surface area (Å²) in [5.74, 6) is -4.93. The van der Waals surface area contributed by atoms with Gasteiger partial charge in [-0.05, 0) is 45.8 Å². The predicted octanol–water partition coefficient (Wildman–Crippen LogP) is 4.39. The van der Waals surface area contributed by atoms with Crippen molar-refractivity contribution in [1.29, 1.82) is 0 Å². The second kappa shape index (κ2) is 10.0. The minimum absolute atomic E-state index is 0.0623. The molecular weight excluding hydrogens is 559 g/mol. The molecule has 0 aliphatic heterocycles. The van der Waals surface area contributed by atoms with Gasteiger partial charge in [-0.25, -0.2) is 13.6 Å². The van der Waals surface area contributed by atoms with Crippen molar-refractivity contribution in [3.05, 3.63) is 86.0 Å². The number of esters is 1. The van der Waals surface area contributed by atoms with Crippen LogP contribution in [0, 0.1) is 11.6 Å². The molecule has 0 amide bonds. The summed E-state index contributed by atoms with van der Waals surface area (Å²) in [6, 6.07) is 7.82. The fourth-order valence-electron chi connectivity index (χ4n) is 3.19. The molecule has 4 rings (SSSR count). The SMILES string of the molecule is O=C(OCc1nc(OCc2ccc(F)cc2F)c(Br)c(=O)n1Cc1ccc2[nH]ncc2c1)C(F)(F)F. The van der Waals surface area contributed by atoms with Crippen molar-refractivity contribution in [2.75, 3.05) is 0 Å². The van der Waals surface area contributed by atoms with E-state index in [1.165, 1.54) is 0 Å². The quantitative estimate of drug-likeness (QED) is 0.260. The largest absolute Gasteiger partial charge is 0.490 e. The van der Waals surface area contributed by atoms with Gasteiger partial charge in [-0.3, -0.25) is 14.5 Å². The van der Waals surface area contributed by atoms with E-state index in [2.05, 4.69) is 35.8 Å². The first-order valence-corrected chi connectivity index (χ1v) is 10.8. The van der Waals surface area contributed by atoms with E-state index in [1.807, 2.05) is 0 Å². The molecule has 36 heavy (non-hydrogen) atoms. The van der Waals surface area contributed by atoms with Gasteiger partial charge in [0.2, 0.25) is 5.88 Å². The van der Waals surface area contributed by atoms with Crippen LogP contribution in [0.1, 0.15) is 17.0 Å². The number of aromatic amines is 1. The number of benzene rings is 2. The Labute approximate surface area is 206 Å². The highest BCUT2D eigenvalue weighted by Crippen LogP contribution is 2.23. The lowest BCUT2D eigenvalue weighted by Crippen LogP contribution is -2.30. The van der Waals surface area contributed by atoms with Crippen molar-refractivity contribution in [2.45, 2.75) is 25.9 Å². The van der Waals surface area contributed by atoms with Crippen LogP contribution in [0.5, 0.6) is 5.88 Å². The third-order valence-electron chi connectivity index (χ3n) is 4.95. The van der Waals surface area contributed by atoms with E-state index in [9.17, 15) is 31.5 Å². The average Bonchev–Trinajstić information content (AvgIpc) is 3.29. The zero-order chi connectivity index (χ0) is 26.0. The standard InChI is InChI=1S/C22H14BrF5N4O4/c23-18-19(35-9-12-2-3-14(24)6-15(12)25)30-17(10-36-21(34)22(26,27)28)32(20(18)33)8-11-1-4-16-13(5-11)7-29-31-16/h1-7H,8-10H2,(H,29,31). The monoisotopic (exact) mass is 572 g/mol. The molecule has 8 nitrogen and oxygen atoms in total. The molecule has 188 valence electrons. The van der Waals surface area contributed by atoms with Crippen LogP contribution in [-0.4, -0.2) is 31.9 Å². The second-order valence-electron chi connectivity index (χ2n) is 7.43. The van der Waals surface area contributed by atoms with Crippen molar-refractivity contribution < 1.29 is 36.2 Å². The van der Waals surface area contributed by atoms with E-state index in [0.29, 0.717) is 11.6 Å². The molecule has 0 saturated heterocycles. The molecule has 0 aliphatic carbocycles. The van der Waals surface area contributed by atoms with Crippen LogP contribution >= 0.6 is 15.9 Å². The van der Waals surface area contributed by atoms with Crippen LogP contribution in [0.25, 0.3) is 10.9 Å². The molecule has 1 N–H and O–H groups in total. The first-order valence-electron chi connectivity index (χ1n) is 10.0. The summed E-state index contributed by atoms with van der Waals surface area (Å²) >= 11 is 3.05. The molecule has 2 aromatic carbocycles. The van der Waals surface area contributed by atoms with Crippen LogP contribution in [0.4, 0.5) is 22.0 Å². The first-order chi connectivity index (χ1) is 17.0. The van der Waals surface area contributed by atoms with E-state index in [-0.39, 0.29) is 28.3 Å². The lowest BCUT2D eigenvalue weighted by Gasteiger charge is -2.16. The lowest BCUT2D eigenvalue weighted by atomic mass is 10.1. The third-order valence-corrected chi connectivity index (χ3v) is 5.63. The van der Waals surface area contributed by atoms with E-state index >= 15 is 0 Å². The number of nitrogens with zero attached hydrogens (tertiary/aromatic N) is 3. The third kappa shape index (κ3) is 5.53. The first kappa shape index (κ1) is 25.3. The Morgan fingerprint density at radius 2 is 1.89 bits per heavy atom. The van der Waals surface area contributed by atoms with Gasteiger partial charge in [-0.2, -0.15) is 23.3 Å². The molecule has 2 heterocycles. The number of alkyl halides is 3. The number of H-pyrrole nitrogens is 1. The Balaban J connectivity index is 1.68. The van der Waals surface area contributed by atoms with Crippen LogP contribution < -0.4 is 10.3 Å². The number of nitrogens with one attached hydrogen (secondary N) is 1. The fourth-order valence-corrected chi connectivity index (χ4v) is 3.61. The zero-order valence-corrected chi connectivity index (χ0v) is 19.5. The highest BCUT2D eigenvalue weighted by Gasteiger charge is 2.41. The zero-order valence-electron chi connectivity index (χ0n) is 17.9.